The smallest absolute Gasteiger partial charge is 0.000356 e. The van der Waals surface area contributed by atoms with Crippen LogP contribution in [0.2, 0.25) is 0 Å². The SMILES string of the molecule is CCCCCCCC/C=C\CCCCCCCCCC(CCCCCCCC/C=C\CCCCCCCC)CN(C)C.Cl. The first-order chi connectivity index (χ1) is 20.7. The Hall–Kier alpha value is -0.270. The first-order valence-corrected chi connectivity index (χ1v) is 19.6. The maximum absolute atomic E-state index is 2.45. The van der Waals surface area contributed by atoms with E-state index in [4.69, 9.17) is 0 Å². The van der Waals surface area contributed by atoms with Crippen molar-refractivity contribution in [1.29, 1.82) is 0 Å². The fraction of sp³-hybridized carbons (Fsp3) is 0.902. The third-order valence-corrected chi connectivity index (χ3v) is 9.12. The second-order valence-electron chi connectivity index (χ2n) is 13.9. The summed E-state index contributed by atoms with van der Waals surface area (Å²) in [5, 5.41) is 0. The molecule has 258 valence electrons. The summed E-state index contributed by atoms with van der Waals surface area (Å²) in [5.74, 6) is 0.917. The van der Waals surface area contributed by atoms with Gasteiger partial charge < -0.3 is 4.90 Å². The van der Waals surface area contributed by atoms with Crippen molar-refractivity contribution in [3.05, 3.63) is 24.3 Å². The average molecular weight is 625 g/mol. The Bertz CT molecular complexity index is 540. The van der Waals surface area contributed by atoms with E-state index < -0.39 is 0 Å². The molecule has 0 saturated heterocycles. The van der Waals surface area contributed by atoms with Gasteiger partial charge in [-0.2, -0.15) is 0 Å². The van der Waals surface area contributed by atoms with Crippen LogP contribution in [0.25, 0.3) is 0 Å². The molecule has 0 aliphatic rings. The van der Waals surface area contributed by atoms with Crippen LogP contribution >= 0.6 is 12.4 Å². The van der Waals surface area contributed by atoms with E-state index in [1.807, 2.05) is 0 Å². The van der Waals surface area contributed by atoms with E-state index in [0.29, 0.717) is 0 Å². The summed E-state index contributed by atoms with van der Waals surface area (Å²) in [7, 11) is 4.53. The quantitative estimate of drug-likeness (QED) is 0.0501. The molecule has 0 aromatic heterocycles. The minimum Gasteiger partial charge on any atom is -0.309 e. The van der Waals surface area contributed by atoms with E-state index >= 15 is 0 Å². The van der Waals surface area contributed by atoms with Gasteiger partial charge in [-0.25, -0.2) is 0 Å². The van der Waals surface area contributed by atoms with Crippen molar-refractivity contribution < 1.29 is 0 Å². The topological polar surface area (TPSA) is 3.24 Å². The Balaban J connectivity index is 0. The van der Waals surface area contributed by atoms with Crippen LogP contribution in [-0.2, 0) is 0 Å². The highest BCUT2D eigenvalue weighted by atomic mass is 35.5. The summed E-state index contributed by atoms with van der Waals surface area (Å²) >= 11 is 0. The van der Waals surface area contributed by atoms with Crippen LogP contribution in [0.3, 0.4) is 0 Å². The molecule has 1 unspecified atom stereocenters. The molecule has 0 aromatic rings. The van der Waals surface area contributed by atoms with Crippen molar-refractivity contribution in [2.24, 2.45) is 5.92 Å². The van der Waals surface area contributed by atoms with Crippen LogP contribution in [0.15, 0.2) is 24.3 Å². The lowest BCUT2D eigenvalue weighted by molar-refractivity contribution is 0.286. The largest absolute Gasteiger partial charge is 0.309 e. The van der Waals surface area contributed by atoms with Crippen molar-refractivity contribution in [2.75, 3.05) is 20.6 Å². The predicted molar refractivity (Wildman–Crippen MR) is 202 cm³/mol. The van der Waals surface area contributed by atoms with E-state index in [-0.39, 0.29) is 12.4 Å². The Kier molecular flexibility index (Phi) is 41.5. The molecule has 0 radical (unpaired) electrons. The summed E-state index contributed by atoms with van der Waals surface area (Å²) in [6.45, 7) is 5.89. The van der Waals surface area contributed by atoms with Gasteiger partial charge in [0.15, 0.2) is 0 Å². The fourth-order valence-corrected chi connectivity index (χ4v) is 6.38. The third kappa shape index (κ3) is 39.7. The molecule has 0 bridgehead atoms. The maximum atomic E-state index is 2.45. The summed E-state index contributed by atoms with van der Waals surface area (Å²) in [5.41, 5.74) is 0. The zero-order valence-corrected chi connectivity index (χ0v) is 31.2. The normalized spacial score (nSPS) is 12.6. The van der Waals surface area contributed by atoms with Crippen molar-refractivity contribution in [1.82, 2.24) is 4.90 Å². The second-order valence-corrected chi connectivity index (χ2v) is 13.9. The van der Waals surface area contributed by atoms with E-state index in [0.717, 1.165) is 5.92 Å². The predicted octanol–water partition coefficient (Wildman–Crippen LogP) is 14.8. The molecule has 0 N–H and O–H groups in total. The minimum atomic E-state index is 0. The van der Waals surface area contributed by atoms with E-state index in [2.05, 4.69) is 57.1 Å². The van der Waals surface area contributed by atoms with Gasteiger partial charge in [0.2, 0.25) is 0 Å². The number of halogens is 1. The van der Waals surface area contributed by atoms with Crippen LogP contribution in [-0.4, -0.2) is 25.5 Å². The second kappa shape index (κ2) is 39.8. The van der Waals surface area contributed by atoms with Gasteiger partial charge in [-0.1, -0.05) is 173 Å². The molecule has 0 aliphatic heterocycles. The molecule has 2 heteroatoms. The van der Waals surface area contributed by atoms with Gasteiger partial charge in [0.05, 0.1) is 0 Å². The summed E-state index contributed by atoms with van der Waals surface area (Å²) in [4.78, 5) is 2.42. The molecule has 0 aromatic carbocycles. The zero-order valence-electron chi connectivity index (χ0n) is 30.4. The molecule has 0 aliphatic carbocycles. The van der Waals surface area contributed by atoms with E-state index in [1.54, 1.807) is 0 Å². The summed E-state index contributed by atoms with van der Waals surface area (Å²) in [6, 6.07) is 0. The monoisotopic (exact) mass is 624 g/mol. The number of rotatable bonds is 35. The minimum absolute atomic E-state index is 0. The van der Waals surface area contributed by atoms with Crippen molar-refractivity contribution >= 4 is 12.4 Å². The van der Waals surface area contributed by atoms with Crippen LogP contribution in [0.5, 0.6) is 0 Å². The molecule has 0 heterocycles. The van der Waals surface area contributed by atoms with Gasteiger partial charge in [-0.15, -0.1) is 12.4 Å². The fourth-order valence-electron chi connectivity index (χ4n) is 6.38. The molecular weight excluding hydrogens is 542 g/mol. The highest BCUT2D eigenvalue weighted by Gasteiger charge is 2.09. The van der Waals surface area contributed by atoms with Crippen molar-refractivity contribution in [3.8, 4) is 0 Å². The van der Waals surface area contributed by atoms with Crippen LogP contribution in [0, 0.1) is 5.92 Å². The lowest BCUT2D eigenvalue weighted by Gasteiger charge is -2.21. The average Bonchev–Trinajstić information content (AvgIpc) is 2.98. The van der Waals surface area contributed by atoms with Crippen LogP contribution < -0.4 is 0 Å². The molecule has 0 fully saturated rings. The number of unbranched alkanes of at least 4 members (excludes halogenated alkanes) is 25. The zero-order chi connectivity index (χ0) is 30.6. The molecule has 0 spiro atoms. The van der Waals surface area contributed by atoms with Gasteiger partial charge in [-0.05, 0) is 84.2 Å². The lowest BCUT2D eigenvalue weighted by atomic mass is 9.93. The summed E-state index contributed by atoms with van der Waals surface area (Å²) < 4.78 is 0. The third-order valence-electron chi connectivity index (χ3n) is 9.12. The Labute approximate surface area is 280 Å². The first-order valence-electron chi connectivity index (χ1n) is 19.6. The van der Waals surface area contributed by atoms with Gasteiger partial charge in [0, 0.05) is 6.54 Å². The highest BCUT2D eigenvalue weighted by Crippen LogP contribution is 2.20. The number of nitrogens with zero attached hydrogens (tertiary/aromatic N) is 1. The molecule has 0 rings (SSSR count). The Morgan fingerprint density at radius 3 is 0.907 bits per heavy atom. The maximum Gasteiger partial charge on any atom is 0.000356 e. The van der Waals surface area contributed by atoms with Crippen molar-refractivity contribution in [2.45, 2.75) is 213 Å². The Morgan fingerprint density at radius 2 is 0.628 bits per heavy atom. The van der Waals surface area contributed by atoms with Gasteiger partial charge in [0.1, 0.15) is 0 Å². The molecule has 1 atom stereocenters. The van der Waals surface area contributed by atoms with E-state index in [9.17, 15) is 0 Å². The highest BCUT2D eigenvalue weighted by molar-refractivity contribution is 5.85. The summed E-state index contributed by atoms with van der Waals surface area (Å²) in [6.07, 6.45) is 53.6. The first kappa shape index (κ1) is 44.9. The molecule has 0 saturated carbocycles. The standard InChI is InChI=1S/C41H81N.ClH/c1-5-7-9-11-13-15-17-19-21-23-25-27-29-31-33-35-37-39-41(40-42(3)4)38-36-34-32-30-28-26-24-22-20-18-16-14-12-10-8-6-2;/h19-22,41H,5-18,23-40H2,1-4H3;1H/b21-19-,22-20-;. The van der Waals surface area contributed by atoms with Crippen LogP contribution in [0.4, 0.5) is 0 Å². The molecular formula is C41H82ClN. The molecule has 0 amide bonds. The van der Waals surface area contributed by atoms with Gasteiger partial charge in [0.25, 0.3) is 0 Å². The number of hydrogen-bond acceptors (Lipinski definition) is 1. The number of hydrogen-bond donors (Lipinski definition) is 0. The van der Waals surface area contributed by atoms with Gasteiger partial charge in [-0.3, -0.25) is 0 Å². The Morgan fingerprint density at radius 1 is 0.372 bits per heavy atom. The van der Waals surface area contributed by atoms with E-state index in [1.165, 1.54) is 206 Å². The molecule has 1 nitrogen and oxygen atoms in total. The number of allylic oxidation sites excluding steroid dienone is 4. The lowest BCUT2D eigenvalue weighted by Crippen LogP contribution is -2.21. The van der Waals surface area contributed by atoms with Crippen molar-refractivity contribution in [3.63, 3.8) is 0 Å². The van der Waals surface area contributed by atoms with Crippen LogP contribution in [0.1, 0.15) is 213 Å². The molecule has 43 heavy (non-hydrogen) atoms. The van der Waals surface area contributed by atoms with Gasteiger partial charge >= 0.3 is 0 Å².